The van der Waals surface area contributed by atoms with Gasteiger partial charge >= 0.3 is 0 Å². The summed E-state index contributed by atoms with van der Waals surface area (Å²) in [6.07, 6.45) is 14.7. The van der Waals surface area contributed by atoms with E-state index >= 15 is 9.59 Å². The van der Waals surface area contributed by atoms with Crippen LogP contribution in [0, 0.1) is 22.2 Å². The summed E-state index contributed by atoms with van der Waals surface area (Å²) in [6, 6.07) is 3.69. The lowest BCUT2D eigenvalue weighted by atomic mass is 9.38. The van der Waals surface area contributed by atoms with Crippen molar-refractivity contribution in [1.29, 1.82) is 0 Å². The molecule has 0 saturated heterocycles. The molecule has 0 unspecified atom stereocenters. The van der Waals surface area contributed by atoms with Crippen LogP contribution in [0.4, 0.5) is 0 Å². The molecule has 49 heavy (non-hydrogen) atoms. The number of phenolic OH excluding ortho intramolecular Hbond substituents is 2. The normalized spacial score (nSPS) is 24.8. The van der Waals surface area contributed by atoms with E-state index in [0.29, 0.717) is 6.42 Å². The molecule has 0 spiro atoms. The third-order valence-electron chi connectivity index (χ3n) is 10.8. The number of carbonyl (C=O) groups is 3. The molecule has 6 nitrogen and oxygen atoms in total. The van der Waals surface area contributed by atoms with Crippen molar-refractivity contribution < 1.29 is 29.7 Å². The SMILES string of the molecule is CC(C)=CCC/C(C)=C\C[C@]12C(=O)C(=C(O)c3ccc(O)c(O)c3)C(=O)[C@](C/C=C(\C)CCC=C(C)C)(C[C@@H](CC=C(C)C)C1(C)C)C2=O. The Morgan fingerprint density at radius 1 is 0.735 bits per heavy atom. The summed E-state index contributed by atoms with van der Waals surface area (Å²) in [6.45, 7) is 20.2. The van der Waals surface area contributed by atoms with Crippen LogP contribution in [0.2, 0.25) is 0 Å². The van der Waals surface area contributed by atoms with Gasteiger partial charge < -0.3 is 15.3 Å². The summed E-state index contributed by atoms with van der Waals surface area (Å²) < 4.78 is 0. The highest BCUT2D eigenvalue weighted by Crippen LogP contribution is 2.65. The van der Waals surface area contributed by atoms with E-state index in [4.69, 9.17) is 0 Å². The minimum atomic E-state index is -1.62. The molecule has 2 saturated carbocycles. The summed E-state index contributed by atoms with van der Waals surface area (Å²) in [7, 11) is 0. The molecular weight excluding hydrogens is 612 g/mol. The lowest BCUT2D eigenvalue weighted by molar-refractivity contribution is -0.176. The van der Waals surface area contributed by atoms with Crippen LogP contribution in [0.5, 0.6) is 11.5 Å². The molecule has 2 fully saturated rings. The van der Waals surface area contributed by atoms with E-state index in [1.165, 1.54) is 23.3 Å². The highest BCUT2D eigenvalue weighted by atomic mass is 16.3. The van der Waals surface area contributed by atoms with Gasteiger partial charge in [-0.1, -0.05) is 72.1 Å². The highest BCUT2D eigenvalue weighted by molar-refractivity contribution is 6.41. The van der Waals surface area contributed by atoms with Crippen LogP contribution in [0.3, 0.4) is 0 Å². The topological polar surface area (TPSA) is 112 Å². The Bertz CT molecular complexity index is 1650. The number of hydrogen-bond donors (Lipinski definition) is 3. The molecule has 1 aromatic carbocycles. The minimum absolute atomic E-state index is 0.0190. The van der Waals surface area contributed by atoms with Gasteiger partial charge in [0.05, 0.1) is 5.41 Å². The van der Waals surface area contributed by atoms with E-state index in [1.807, 2.05) is 53.7 Å². The maximum Gasteiger partial charge on any atom is 0.184 e. The Morgan fingerprint density at radius 3 is 1.78 bits per heavy atom. The number of hydrogen-bond acceptors (Lipinski definition) is 6. The number of carbonyl (C=O) groups excluding carboxylic acids is 3. The zero-order valence-electron chi connectivity index (χ0n) is 31.4. The molecule has 0 heterocycles. The number of phenols is 2. The van der Waals surface area contributed by atoms with E-state index in [-0.39, 0.29) is 36.5 Å². The average Bonchev–Trinajstić information content (AvgIpc) is 3.00. The van der Waals surface area contributed by atoms with Crippen LogP contribution in [0.15, 0.2) is 82.0 Å². The predicted octanol–water partition coefficient (Wildman–Crippen LogP) is 10.6. The van der Waals surface area contributed by atoms with Crippen LogP contribution in [0.25, 0.3) is 5.76 Å². The zero-order valence-corrected chi connectivity index (χ0v) is 31.4. The third kappa shape index (κ3) is 8.11. The standard InChI is InChI=1S/C43H58O6/c1-27(2)13-11-15-30(7)21-23-42-26-33(19-17-29(5)6)41(9,10)43(40(42)49,24-22-31(8)16-12-14-28(3)4)39(48)36(38(42)47)37(46)32-18-20-34(44)35(45)25-32/h13-14,17-18,20-22,25,33,44-46H,11-12,15-16,19,23-24,26H2,1-10H3/b30-21+,31-22-,37-36?/t33-,42+,43-/m1/s1. The van der Waals surface area contributed by atoms with Gasteiger partial charge in [-0.3, -0.25) is 14.4 Å². The second-order valence-electron chi connectivity index (χ2n) is 15.7. The number of aromatic hydroxyl groups is 2. The van der Waals surface area contributed by atoms with Crippen molar-refractivity contribution in [1.82, 2.24) is 0 Å². The summed E-state index contributed by atoms with van der Waals surface area (Å²) in [5.41, 5.74) is 1.22. The van der Waals surface area contributed by atoms with Crippen molar-refractivity contribution in [3.05, 3.63) is 87.6 Å². The Balaban J connectivity index is 2.36. The summed E-state index contributed by atoms with van der Waals surface area (Å²) in [4.78, 5) is 45.3. The van der Waals surface area contributed by atoms with E-state index in [1.54, 1.807) is 0 Å². The molecule has 266 valence electrons. The molecular formula is C43H58O6. The molecule has 0 aliphatic heterocycles. The molecule has 2 bridgehead atoms. The van der Waals surface area contributed by atoms with E-state index in [0.717, 1.165) is 48.5 Å². The Morgan fingerprint density at radius 2 is 1.27 bits per heavy atom. The third-order valence-corrected chi connectivity index (χ3v) is 10.8. The smallest absolute Gasteiger partial charge is 0.184 e. The summed E-state index contributed by atoms with van der Waals surface area (Å²) in [5, 5.41) is 32.0. The van der Waals surface area contributed by atoms with Gasteiger partial charge in [-0.05, 0) is 136 Å². The zero-order chi connectivity index (χ0) is 36.9. The molecule has 3 N–H and O–H groups in total. The second-order valence-corrected chi connectivity index (χ2v) is 15.7. The van der Waals surface area contributed by atoms with Crippen molar-refractivity contribution in [3.63, 3.8) is 0 Å². The number of ketones is 3. The van der Waals surface area contributed by atoms with Gasteiger partial charge in [0.25, 0.3) is 0 Å². The molecule has 6 heteroatoms. The number of allylic oxidation sites excluding steroid dienone is 11. The van der Waals surface area contributed by atoms with E-state index in [9.17, 15) is 20.1 Å². The molecule has 2 aliphatic carbocycles. The number of aliphatic hydroxyl groups is 1. The first-order valence-electron chi connectivity index (χ1n) is 17.6. The van der Waals surface area contributed by atoms with Gasteiger partial charge in [0.1, 0.15) is 16.7 Å². The molecule has 0 radical (unpaired) electrons. The van der Waals surface area contributed by atoms with Gasteiger partial charge in [-0.2, -0.15) is 0 Å². The maximum absolute atomic E-state index is 15.3. The summed E-state index contributed by atoms with van der Waals surface area (Å²) >= 11 is 0. The number of Topliss-reactive ketones (excluding diaryl/α,β-unsaturated/α-hetero) is 3. The van der Waals surface area contributed by atoms with E-state index in [2.05, 4.69) is 45.9 Å². The first-order chi connectivity index (χ1) is 22.8. The van der Waals surface area contributed by atoms with Crippen molar-refractivity contribution in [3.8, 4) is 11.5 Å². The fourth-order valence-electron chi connectivity index (χ4n) is 7.53. The Kier molecular flexibility index (Phi) is 12.7. The Labute approximate surface area is 294 Å². The second kappa shape index (κ2) is 15.7. The van der Waals surface area contributed by atoms with Gasteiger partial charge in [0.15, 0.2) is 28.8 Å². The first kappa shape index (κ1) is 39.5. The van der Waals surface area contributed by atoms with Crippen LogP contribution >= 0.6 is 0 Å². The number of benzene rings is 1. The van der Waals surface area contributed by atoms with Gasteiger partial charge in [-0.15, -0.1) is 0 Å². The highest BCUT2D eigenvalue weighted by Gasteiger charge is 2.73. The van der Waals surface area contributed by atoms with Crippen LogP contribution in [-0.2, 0) is 14.4 Å². The van der Waals surface area contributed by atoms with Crippen molar-refractivity contribution in [2.45, 2.75) is 121 Å². The van der Waals surface area contributed by atoms with Crippen LogP contribution in [-0.4, -0.2) is 32.7 Å². The predicted molar refractivity (Wildman–Crippen MR) is 199 cm³/mol. The monoisotopic (exact) mass is 670 g/mol. The van der Waals surface area contributed by atoms with Crippen LogP contribution in [0.1, 0.15) is 126 Å². The van der Waals surface area contributed by atoms with Gasteiger partial charge in [0.2, 0.25) is 0 Å². The largest absolute Gasteiger partial charge is 0.506 e. The van der Waals surface area contributed by atoms with E-state index < -0.39 is 50.6 Å². The number of aliphatic hydroxyl groups excluding tert-OH is 1. The lowest BCUT2D eigenvalue weighted by Crippen LogP contribution is -2.69. The van der Waals surface area contributed by atoms with Crippen molar-refractivity contribution in [2.75, 3.05) is 0 Å². The fraction of sp³-hybridized carbons (Fsp3) is 0.512. The fourth-order valence-corrected chi connectivity index (χ4v) is 7.53. The molecule has 1 aromatic rings. The van der Waals surface area contributed by atoms with Crippen molar-refractivity contribution in [2.24, 2.45) is 22.2 Å². The number of fused-ring (bicyclic) bond motifs is 2. The minimum Gasteiger partial charge on any atom is -0.506 e. The van der Waals surface area contributed by atoms with Crippen molar-refractivity contribution >= 4 is 23.1 Å². The lowest BCUT2D eigenvalue weighted by Gasteiger charge is -2.60. The average molecular weight is 671 g/mol. The maximum atomic E-state index is 15.3. The molecule has 3 atom stereocenters. The Hall–Kier alpha value is -3.93. The quantitative estimate of drug-likeness (QED) is 0.0481. The number of rotatable bonds is 13. The molecule has 2 aliphatic rings. The van der Waals surface area contributed by atoms with Gasteiger partial charge in [-0.25, -0.2) is 0 Å². The molecule has 0 amide bonds. The van der Waals surface area contributed by atoms with Gasteiger partial charge in [0, 0.05) is 5.56 Å². The summed E-state index contributed by atoms with van der Waals surface area (Å²) in [5.74, 6) is -3.35. The molecule has 0 aromatic heterocycles. The molecule has 3 rings (SSSR count). The first-order valence-corrected chi connectivity index (χ1v) is 17.6. The van der Waals surface area contributed by atoms with Crippen LogP contribution < -0.4 is 0 Å².